The summed E-state index contributed by atoms with van der Waals surface area (Å²) in [7, 11) is 2.86. The molecule has 216 valence electrons. The maximum Gasteiger partial charge on any atom is 0.416 e. The van der Waals surface area contributed by atoms with Crippen LogP contribution in [0.5, 0.6) is 11.5 Å². The number of hydrogen-bond donors (Lipinski definition) is 1. The molecule has 1 heterocycles. The van der Waals surface area contributed by atoms with Gasteiger partial charge in [0.1, 0.15) is 11.5 Å². The minimum absolute atomic E-state index is 0.0899. The summed E-state index contributed by atoms with van der Waals surface area (Å²) in [5, 5.41) is 11.0. The number of carbonyl (C=O) groups excluding carboxylic acids is 1. The first-order valence-corrected chi connectivity index (χ1v) is 12.8. The average Bonchev–Trinajstić information content (AvgIpc) is 3.36. The minimum Gasteiger partial charge on any atom is -0.497 e. The van der Waals surface area contributed by atoms with Crippen LogP contribution in [0.3, 0.4) is 0 Å². The normalized spacial score (nSPS) is 11.8. The number of thioether (sulfide) groups is 1. The van der Waals surface area contributed by atoms with E-state index >= 15 is 0 Å². The van der Waals surface area contributed by atoms with Crippen molar-refractivity contribution < 1.29 is 40.6 Å². The maximum absolute atomic E-state index is 13.5. The highest BCUT2D eigenvalue weighted by Gasteiger charge is 2.31. The van der Waals surface area contributed by atoms with Crippen LogP contribution in [0.1, 0.15) is 32.9 Å². The number of rotatable bonds is 9. The Morgan fingerprint density at radius 2 is 1.49 bits per heavy atom. The topological polar surface area (TPSA) is 78.3 Å². The minimum atomic E-state index is -4.61. The van der Waals surface area contributed by atoms with E-state index in [2.05, 4.69) is 15.5 Å². The largest absolute Gasteiger partial charge is 0.497 e. The second kappa shape index (κ2) is 12.1. The maximum atomic E-state index is 13.5. The number of nitrogens with zero attached hydrogens (tertiary/aromatic N) is 3. The lowest BCUT2D eigenvalue weighted by Gasteiger charge is -2.14. The number of carbonyl (C=O) groups is 1. The number of hydrogen-bond acceptors (Lipinski definition) is 6. The molecule has 3 aromatic carbocycles. The van der Waals surface area contributed by atoms with Gasteiger partial charge in [0.25, 0.3) is 5.91 Å². The third kappa shape index (κ3) is 7.31. The molecule has 4 rings (SSSR count). The van der Waals surface area contributed by atoms with Crippen molar-refractivity contribution in [1.29, 1.82) is 0 Å². The van der Waals surface area contributed by atoms with E-state index in [1.165, 1.54) is 55.2 Å². The zero-order valence-electron chi connectivity index (χ0n) is 21.5. The van der Waals surface area contributed by atoms with Gasteiger partial charge in [-0.2, -0.15) is 26.3 Å². The van der Waals surface area contributed by atoms with Gasteiger partial charge < -0.3 is 14.8 Å². The van der Waals surface area contributed by atoms with E-state index in [0.717, 1.165) is 36.0 Å². The van der Waals surface area contributed by atoms with Gasteiger partial charge in [-0.15, -0.1) is 10.2 Å². The van der Waals surface area contributed by atoms with E-state index in [-0.39, 0.29) is 34.5 Å². The number of aromatic nitrogens is 3. The van der Waals surface area contributed by atoms with Crippen LogP contribution < -0.4 is 14.8 Å². The first-order chi connectivity index (χ1) is 19.4. The van der Waals surface area contributed by atoms with Gasteiger partial charge in [0.15, 0.2) is 11.0 Å². The molecule has 0 aliphatic heterocycles. The first-order valence-electron chi connectivity index (χ1n) is 11.8. The summed E-state index contributed by atoms with van der Waals surface area (Å²) in [4.78, 5) is 12.9. The predicted molar refractivity (Wildman–Crippen MR) is 138 cm³/mol. The molecule has 0 saturated carbocycles. The molecule has 0 saturated heterocycles. The van der Waals surface area contributed by atoms with Crippen LogP contribution >= 0.6 is 11.8 Å². The van der Waals surface area contributed by atoms with Crippen molar-refractivity contribution in [3.8, 4) is 17.2 Å². The number of benzene rings is 3. The second-order valence-corrected chi connectivity index (χ2v) is 9.49. The summed E-state index contributed by atoms with van der Waals surface area (Å²) >= 11 is 1.06. The van der Waals surface area contributed by atoms with Crippen LogP contribution in [0.2, 0.25) is 0 Å². The first kappa shape index (κ1) is 29.8. The number of ether oxygens (including phenoxy) is 2. The van der Waals surface area contributed by atoms with Crippen molar-refractivity contribution in [2.24, 2.45) is 0 Å². The molecule has 0 unspecified atom stereocenters. The van der Waals surface area contributed by atoms with Crippen LogP contribution in [0, 0.1) is 0 Å². The number of methoxy groups -OCH3 is 2. The average molecular weight is 597 g/mol. The molecular formula is C27H22F6N4O3S. The van der Waals surface area contributed by atoms with Gasteiger partial charge >= 0.3 is 12.4 Å². The van der Waals surface area contributed by atoms with E-state index in [1.54, 1.807) is 6.07 Å². The van der Waals surface area contributed by atoms with E-state index < -0.39 is 29.4 Å². The van der Waals surface area contributed by atoms with Crippen molar-refractivity contribution in [2.75, 3.05) is 14.2 Å². The van der Waals surface area contributed by atoms with E-state index in [4.69, 9.17) is 9.47 Å². The molecule has 4 aromatic rings. The fraction of sp³-hybridized carbons (Fsp3) is 0.222. The van der Waals surface area contributed by atoms with Crippen molar-refractivity contribution in [2.45, 2.75) is 29.8 Å². The van der Waals surface area contributed by atoms with Crippen LogP contribution in [-0.2, 0) is 24.7 Å². The molecule has 7 nitrogen and oxygen atoms in total. The SMILES string of the molecule is COc1cc(OC)cc(C(=O)NCc2nnc(SCc3ccc(C(F)(F)F)cc3)n2-c2cccc(C(F)(F)F)c2)c1. The second-order valence-electron chi connectivity index (χ2n) is 8.55. The zero-order valence-corrected chi connectivity index (χ0v) is 22.3. The van der Waals surface area contributed by atoms with Gasteiger partial charge in [0.05, 0.1) is 37.6 Å². The Bertz CT molecular complexity index is 1500. The number of nitrogens with one attached hydrogen (secondary N) is 1. The molecule has 0 aliphatic carbocycles. The van der Waals surface area contributed by atoms with Crippen molar-refractivity contribution in [1.82, 2.24) is 20.1 Å². The van der Waals surface area contributed by atoms with Gasteiger partial charge in [0.2, 0.25) is 0 Å². The summed E-state index contributed by atoms with van der Waals surface area (Å²) in [6.45, 7) is -0.206. The molecule has 41 heavy (non-hydrogen) atoms. The highest BCUT2D eigenvalue weighted by molar-refractivity contribution is 7.98. The molecule has 0 fully saturated rings. The molecule has 0 aliphatic rings. The zero-order chi connectivity index (χ0) is 29.8. The molecule has 0 bridgehead atoms. The highest BCUT2D eigenvalue weighted by Crippen LogP contribution is 2.33. The number of alkyl halides is 6. The smallest absolute Gasteiger partial charge is 0.416 e. The lowest BCUT2D eigenvalue weighted by molar-refractivity contribution is -0.138. The highest BCUT2D eigenvalue weighted by atomic mass is 32.2. The Hall–Kier alpha value is -4.20. The monoisotopic (exact) mass is 596 g/mol. The van der Waals surface area contributed by atoms with Gasteiger partial charge in [-0.1, -0.05) is 30.0 Å². The molecule has 1 N–H and O–H groups in total. The van der Waals surface area contributed by atoms with Crippen LogP contribution in [0.4, 0.5) is 26.3 Å². The molecule has 1 aromatic heterocycles. The Kier molecular flexibility index (Phi) is 8.80. The third-order valence-corrected chi connectivity index (χ3v) is 6.80. The molecule has 0 spiro atoms. The lowest BCUT2D eigenvalue weighted by Crippen LogP contribution is -2.24. The summed E-state index contributed by atoms with van der Waals surface area (Å²) in [6, 6.07) is 13.6. The summed E-state index contributed by atoms with van der Waals surface area (Å²) < 4.78 is 90.8. The van der Waals surface area contributed by atoms with Gasteiger partial charge in [-0.25, -0.2) is 0 Å². The quantitative estimate of drug-likeness (QED) is 0.175. The van der Waals surface area contributed by atoms with E-state index in [1.807, 2.05) is 0 Å². The summed E-state index contributed by atoms with van der Waals surface area (Å²) in [6.07, 6.45) is -9.10. The van der Waals surface area contributed by atoms with E-state index in [9.17, 15) is 31.1 Å². The van der Waals surface area contributed by atoms with Crippen LogP contribution in [-0.4, -0.2) is 34.9 Å². The van der Waals surface area contributed by atoms with Crippen molar-refractivity contribution in [3.63, 3.8) is 0 Å². The molecule has 14 heteroatoms. The van der Waals surface area contributed by atoms with Gasteiger partial charge in [-0.05, 0) is 48.0 Å². The molecular weight excluding hydrogens is 574 g/mol. The third-order valence-electron chi connectivity index (χ3n) is 5.80. The van der Waals surface area contributed by atoms with E-state index in [0.29, 0.717) is 17.1 Å². The van der Waals surface area contributed by atoms with Crippen LogP contribution in [0.15, 0.2) is 71.9 Å². The number of amides is 1. The van der Waals surface area contributed by atoms with Gasteiger partial charge in [0, 0.05) is 17.4 Å². The fourth-order valence-electron chi connectivity index (χ4n) is 3.73. The Balaban J connectivity index is 1.62. The predicted octanol–water partition coefficient (Wildman–Crippen LogP) is 6.54. The summed E-state index contributed by atoms with van der Waals surface area (Å²) in [5.41, 5.74) is -0.871. The Labute approximate surface area is 234 Å². The lowest BCUT2D eigenvalue weighted by atomic mass is 10.1. The van der Waals surface area contributed by atoms with Gasteiger partial charge in [-0.3, -0.25) is 9.36 Å². The fourth-order valence-corrected chi connectivity index (χ4v) is 4.65. The molecule has 1 amide bonds. The van der Waals surface area contributed by atoms with Crippen molar-refractivity contribution >= 4 is 17.7 Å². The van der Waals surface area contributed by atoms with Crippen LogP contribution in [0.25, 0.3) is 5.69 Å². The molecule has 0 radical (unpaired) electrons. The Morgan fingerprint density at radius 1 is 0.854 bits per heavy atom. The Morgan fingerprint density at radius 3 is 2.07 bits per heavy atom. The standard InChI is InChI=1S/C27H22F6N4O3S/c1-39-21-10-17(11-22(13-21)40-2)24(38)34-14-23-35-36-25(37(23)20-5-3-4-19(12-20)27(31,32)33)41-15-16-6-8-18(9-7-16)26(28,29)30/h3-13H,14-15H2,1-2H3,(H,34,38). The van der Waals surface area contributed by atoms with Crippen molar-refractivity contribution in [3.05, 3.63) is 94.8 Å². The molecule has 0 atom stereocenters. The number of halogens is 6. The summed E-state index contributed by atoms with van der Waals surface area (Å²) in [5.74, 6) is 0.514.